The average Bonchev–Trinajstić information content (AvgIpc) is 3.51. The third kappa shape index (κ3) is 7.48. The number of carbonyl (C=O) groups excluding carboxylic acids is 2. The first-order valence-electron chi connectivity index (χ1n) is 14.0. The standard InChI is InChI=1S/C30H45FN2O5/c1-6-7-13-21-27(36)19(2)11-10-14-30(5)25(38-30)17-23(22(31)16-20-12-8-9-15-32-20)33-26(35)18-24(34)29(3,4)28(21)37/h8-9,12,15-16,19,21,23-25,27,34,36H,6-7,10-11,13-14,17-18H2,1-5H3,(H,33,35)/b22-16-/t19-,21+,23-,24-,25-,27-,30+/m0/s1. The number of aliphatic hydroxyl groups excluding tert-OH is 2. The highest BCUT2D eigenvalue weighted by atomic mass is 19.1. The van der Waals surface area contributed by atoms with E-state index in [1.165, 1.54) is 6.08 Å². The van der Waals surface area contributed by atoms with Crippen molar-refractivity contribution in [1.29, 1.82) is 0 Å². The van der Waals surface area contributed by atoms with Gasteiger partial charge in [-0.1, -0.05) is 53.0 Å². The van der Waals surface area contributed by atoms with Gasteiger partial charge in [0.25, 0.3) is 0 Å². The van der Waals surface area contributed by atoms with Crippen molar-refractivity contribution in [2.75, 3.05) is 0 Å². The molecule has 0 radical (unpaired) electrons. The Balaban J connectivity index is 1.88. The van der Waals surface area contributed by atoms with Gasteiger partial charge in [-0.3, -0.25) is 14.6 Å². The minimum absolute atomic E-state index is 0.114. The van der Waals surface area contributed by atoms with Crippen molar-refractivity contribution in [2.45, 2.75) is 116 Å². The Bertz CT molecular complexity index is 984. The largest absolute Gasteiger partial charge is 0.392 e. The molecule has 0 aromatic carbocycles. The molecular formula is C30H45FN2O5. The second-order valence-electron chi connectivity index (χ2n) is 12.0. The van der Waals surface area contributed by atoms with Gasteiger partial charge in [0.05, 0.1) is 47.5 Å². The number of ketones is 1. The molecule has 38 heavy (non-hydrogen) atoms. The summed E-state index contributed by atoms with van der Waals surface area (Å²) in [4.78, 5) is 30.9. The third-order valence-electron chi connectivity index (χ3n) is 8.51. The number of unbranched alkanes of at least 4 members (excludes halogenated alkanes) is 1. The van der Waals surface area contributed by atoms with Crippen LogP contribution in [0.1, 0.15) is 91.7 Å². The van der Waals surface area contributed by atoms with E-state index in [0.717, 1.165) is 32.1 Å². The van der Waals surface area contributed by atoms with E-state index in [-0.39, 0.29) is 30.6 Å². The first-order chi connectivity index (χ1) is 17.9. The molecule has 2 saturated heterocycles. The number of pyridine rings is 1. The van der Waals surface area contributed by atoms with Crippen molar-refractivity contribution in [2.24, 2.45) is 17.3 Å². The summed E-state index contributed by atoms with van der Waals surface area (Å²) in [6, 6.07) is 4.22. The average molecular weight is 533 g/mol. The first kappa shape index (κ1) is 30.4. The van der Waals surface area contributed by atoms with Crippen LogP contribution in [0.2, 0.25) is 0 Å². The van der Waals surface area contributed by atoms with Gasteiger partial charge in [-0.25, -0.2) is 4.39 Å². The molecule has 0 bridgehead atoms. The van der Waals surface area contributed by atoms with Gasteiger partial charge in [-0.15, -0.1) is 0 Å². The second kappa shape index (κ2) is 12.8. The molecule has 2 aliphatic heterocycles. The molecule has 0 aliphatic carbocycles. The molecule has 3 rings (SSSR count). The fourth-order valence-corrected chi connectivity index (χ4v) is 5.52. The molecule has 7 atom stereocenters. The molecule has 2 aliphatic rings. The Kier molecular flexibility index (Phi) is 10.2. The van der Waals surface area contributed by atoms with E-state index in [2.05, 4.69) is 10.3 Å². The van der Waals surface area contributed by atoms with Crippen molar-refractivity contribution >= 4 is 17.8 Å². The maximum Gasteiger partial charge on any atom is 0.223 e. The van der Waals surface area contributed by atoms with Crippen LogP contribution in [0.4, 0.5) is 4.39 Å². The van der Waals surface area contributed by atoms with Gasteiger partial charge in [0.15, 0.2) is 0 Å². The number of nitrogens with zero attached hydrogens (tertiary/aromatic N) is 1. The number of fused-ring (bicyclic) bond motifs is 1. The van der Waals surface area contributed by atoms with Crippen molar-refractivity contribution in [3.8, 4) is 0 Å². The number of halogens is 1. The van der Waals surface area contributed by atoms with Gasteiger partial charge in [-0.05, 0) is 50.3 Å². The highest BCUT2D eigenvalue weighted by molar-refractivity contribution is 5.88. The Morgan fingerprint density at radius 1 is 1.26 bits per heavy atom. The van der Waals surface area contributed by atoms with Gasteiger partial charge in [0.1, 0.15) is 11.6 Å². The number of carbonyl (C=O) groups is 2. The van der Waals surface area contributed by atoms with Crippen LogP contribution in [0.3, 0.4) is 0 Å². The molecule has 7 nitrogen and oxygen atoms in total. The lowest BCUT2D eigenvalue weighted by atomic mass is 9.70. The number of rotatable bonds is 5. The number of nitrogens with one attached hydrogen (secondary N) is 1. The quantitative estimate of drug-likeness (QED) is 0.472. The second-order valence-corrected chi connectivity index (χ2v) is 12.0. The summed E-state index contributed by atoms with van der Waals surface area (Å²) in [5, 5.41) is 25.0. The smallest absolute Gasteiger partial charge is 0.223 e. The highest BCUT2D eigenvalue weighted by Gasteiger charge is 2.53. The minimum Gasteiger partial charge on any atom is -0.392 e. The predicted molar refractivity (Wildman–Crippen MR) is 145 cm³/mol. The number of amides is 1. The van der Waals surface area contributed by atoms with Crippen LogP contribution < -0.4 is 5.32 Å². The Labute approximate surface area is 226 Å². The van der Waals surface area contributed by atoms with Gasteiger partial charge in [0.2, 0.25) is 5.91 Å². The molecule has 0 unspecified atom stereocenters. The molecule has 8 heteroatoms. The lowest BCUT2D eigenvalue weighted by Gasteiger charge is -2.36. The lowest BCUT2D eigenvalue weighted by Crippen LogP contribution is -2.48. The van der Waals surface area contributed by atoms with Gasteiger partial charge in [0, 0.05) is 18.5 Å². The molecule has 1 aromatic heterocycles. The predicted octanol–water partition coefficient (Wildman–Crippen LogP) is 4.76. The highest BCUT2D eigenvalue weighted by Crippen LogP contribution is 2.44. The van der Waals surface area contributed by atoms with Crippen LogP contribution in [0.5, 0.6) is 0 Å². The van der Waals surface area contributed by atoms with E-state index in [4.69, 9.17) is 4.74 Å². The number of aliphatic hydroxyl groups is 2. The van der Waals surface area contributed by atoms with E-state index in [0.29, 0.717) is 12.1 Å². The monoisotopic (exact) mass is 532 g/mol. The third-order valence-corrected chi connectivity index (χ3v) is 8.51. The van der Waals surface area contributed by atoms with Crippen molar-refractivity contribution in [3.63, 3.8) is 0 Å². The van der Waals surface area contributed by atoms with E-state index < -0.39 is 46.9 Å². The zero-order valence-electron chi connectivity index (χ0n) is 23.5. The van der Waals surface area contributed by atoms with Crippen molar-refractivity contribution in [1.82, 2.24) is 10.3 Å². The number of hydrogen-bond donors (Lipinski definition) is 3. The van der Waals surface area contributed by atoms with Crippen molar-refractivity contribution < 1.29 is 28.9 Å². The SMILES string of the molecule is CCCC[C@H]1C(=O)C(C)(C)[C@@H](O)CC(=O)N[C@H](/C(F)=C/c2ccccn2)C[C@@H]2O[C@]2(C)CCC[C@H](C)[C@@H]1O. The van der Waals surface area contributed by atoms with Crippen LogP contribution in [0, 0.1) is 17.3 Å². The summed E-state index contributed by atoms with van der Waals surface area (Å²) in [5.41, 5.74) is -1.26. The zero-order valence-corrected chi connectivity index (χ0v) is 23.5. The van der Waals surface area contributed by atoms with E-state index in [1.807, 2.05) is 20.8 Å². The fourth-order valence-electron chi connectivity index (χ4n) is 5.52. The summed E-state index contributed by atoms with van der Waals surface area (Å²) in [6.45, 7) is 9.22. The normalized spacial score (nSPS) is 35.3. The zero-order chi connectivity index (χ0) is 28.1. The topological polar surface area (TPSA) is 112 Å². The van der Waals surface area contributed by atoms with Crippen molar-refractivity contribution in [3.05, 3.63) is 35.9 Å². The summed E-state index contributed by atoms with van der Waals surface area (Å²) in [5.74, 6) is -2.08. The van der Waals surface area contributed by atoms with E-state index in [9.17, 15) is 19.8 Å². The van der Waals surface area contributed by atoms with Crippen LogP contribution in [-0.2, 0) is 14.3 Å². The summed E-state index contributed by atoms with van der Waals surface area (Å²) in [6.07, 6.45) is 4.83. The molecule has 1 aromatic rings. The summed E-state index contributed by atoms with van der Waals surface area (Å²) < 4.78 is 21.4. The fraction of sp³-hybridized carbons (Fsp3) is 0.700. The Hall–Kier alpha value is -2.16. The minimum atomic E-state index is -1.29. The molecular weight excluding hydrogens is 487 g/mol. The molecule has 3 heterocycles. The summed E-state index contributed by atoms with van der Waals surface area (Å²) >= 11 is 0. The Morgan fingerprint density at radius 2 is 2.00 bits per heavy atom. The van der Waals surface area contributed by atoms with Crippen LogP contribution in [0.15, 0.2) is 30.2 Å². The van der Waals surface area contributed by atoms with Gasteiger partial charge >= 0.3 is 0 Å². The molecule has 212 valence electrons. The lowest BCUT2D eigenvalue weighted by molar-refractivity contribution is -0.144. The molecule has 3 N–H and O–H groups in total. The number of aromatic nitrogens is 1. The van der Waals surface area contributed by atoms with E-state index >= 15 is 4.39 Å². The van der Waals surface area contributed by atoms with Crippen LogP contribution in [-0.4, -0.2) is 56.8 Å². The van der Waals surface area contributed by atoms with Gasteiger partial charge in [-0.2, -0.15) is 0 Å². The molecule has 0 saturated carbocycles. The number of hydrogen-bond acceptors (Lipinski definition) is 6. The maximum atomic E-state index is 15.4. The number of epoxide rings is 1. The Morgan fingerprint density at radius 3 is 2.66 bits per heavy atom. The number of ether oxygens (including phenoxy) is 1. The van der Waals surface area contributed by atoms with Crippen LogP contribution >= 0.6 is 0 Å². The summed E-state index contributed by atoms with van der Waals surface area (Å²) in [7, 11) is 0. The molecule has 2 fully saturated rings. The molecule has 1 amide bonds. The van der Waals surface area contributed by atoms with Gasteiger partial charge < -0.3 is 20.3 Å². The number of Topliss-reactive ketones (excluding diaryl/α,β-unsaturated/α-hetero) is 1. The molecule has 0 spiro atoms. The van der Waals surface area contributed by atoms with E-state index in [1.54, 1.807) is 38.2 Å². The first-order valence-corrected chi connectivity index (χ1v) is 14.0. The van der Waals surface area contributed by atoms with Crippen LogP contribution in [0.25, 0.3) is 6.08 Å². The maximum absolute atomic E-state index is 15.4.